The largest absolute Gasteiger partial charge is 0.345 e. The molecule has 1 fully saturated rings. The standard InChI is InChI=1S/C12H12N4O3/c1-16-9(17)6-12(15-11(16)19)13-8-5-3-2-4-7(8)10(18)14-12/h2-5,13H,6H2,1H3,(H,14,18)(H,15,19). The first kappa shape index (κ1) is 11.5. The number of nitrogens with zero attached hydrogens (tertiary/aromatic N) is 1. The molecule has 1 aromatic carbocycles. The summed E-state index contributed by atoms with van der Waals surface area (Å²) in [5, 5.41) is 8.26. The number of urea groups is 1. The number of anilines is 1. The lowest BCUT2D eigenvalue weighted by Gasteiger charge is -2.44. The minimum absolute atomic E-state index is 0.0463. The molecule has 3 rings (SSSR count). The van der Waals surface area contributed by atoms with E-state index in [0.29, 0.717) is 11.3 Å². The molecule has 2 aliphatic rings. The zero-order valence-electron chi connectivity index (χ0n) is 10.2. The van der Waals surface area contributed by atoms with Crippen LogP contribution >= 0.6 is 0 Å². The smallest absolute Gasteiger partial charge is 0.327 e. The van der Waals surface area contributed by atoms with Crippen LogP contribution in [0.3, 0.4) is 0 Å². The number of hydrogen-bond donors (Lipinski definition) is 3. The van der Waals surface area contributed by atoms with E-state index in [9.17, 15) is 14.4 Å². The number of hydrogen-bond acceptors (Lipinski definition) is 4. The van der Waals surface area contributed by atoms with Gasteiger partial charge in [-0.25, -0.2) is 4.79 Å². The van der Waals surface area contributed by atoms with Crippen LogP contribution < -0.4 is 16.0 Å². The van der Waals surface area contributed by atoms with Crippen molar-refractivity contribution in [3.05, 3.63) is 29.8 Å². The average Bonchev–Trinajstić information content (AvgIpc) is 2.36. The number of fused-ring (bicyclic) bond motifs is 1. The summed E-state index contributed by atoms with van der Waals surface area (Å²) >= 11 is 0. The minimum atomic E-state index is -1.24. The Bertz CT molecular complexity index is 580. The molecule has 7 nitrogen and oxygen atoms in total. The third kappa shape index (κ3) is 1.70. The van der Waals surface area contributed by atoms with Crippen molar-refractivity contribution in [3.63, 3.8) is 0 Å². The van der Waals surface area contributed by atoms with Crippen LogP contribution in [0.25, 0.3) is 0 Å². The molecule has 19 heavy (non-hydrogen) atoms. The van der Waals surface area contributed by atoms with E-state index in [1.807, 2.05) is 0 Å². The van der Waals surface area contributed by atoms with Crippen LogP contribution in [0.5, 0.6) is 0 Å². The molecular formula is C12H12N4O3. The second kappa shape index (κ2) is 3.71. The molecule has 3 N–H and O–H groups in total. The normalized spacial score (nSPS) is 25.5. The molecule has 1 aromatic rings. The van der Waals surface area contributed by atoms with Crippen LogP contribution in [0, 0.1) is 0 Å². The summed E-state index contributed by atoms with van der Waals surface area (Å²) < 4.78 is 0. The fraction of sp³-hybridized carbons (Fsp3) is 0.250. The van der Waals surface area contributed by atoms with E-state index in [2.05, 4.69) is 16.0 Å². The third-order valence-corrected chi connectivity index (χ3v) is 3.26. The number of amides is 4. The zero-order chi connectivity index (χ0) is 13.6. The second-order valence-electron chi connectivity index (χ2n) is 4.59. The Labute approximate surface area is 109 Å². The van der Waals surface area contributed by atoms with Gasteiger partial charge in [-0.1, -0.05) is 12.1 Å². The summed E-state index contributed by atoms with van der Waals surface area (Å²) in [4.78, 5) is 36.5. The summed E-state index contributed by atoms with van der Waals surface area (Å²) in [5.74, 6) is -1.94. The number of rotatable bonds is 0. The first-order valence-corrected chi connectivity index (χ1v) is 5.79. The maximum Gasteiger partial charge on any atom is 0.327 e. The van der Waals surface area contributed by atoms with Crippen molar-refractivity contribution in [1.29, 1.82) is 0 Å². The molecular weight excluding hydrogens is 248 g/mol. The van der Waals surface area contributed by atoms with E-state index in [1.54, 1.807) is 24.3 Å². The van der Waals surface area contributed by atoms with Crippen LogP contribution in [-0.2, 0) is 4.79 Å². The van der Waals surface area contributed by atoms with E-state index < -0.39 is 11.8 Å². The van der Waals surface area contributed by atoms with Gasteiger partial charge in [-0.3, -0.25) is 19.8 Å². The number of imide groups is 1. The molecule has 1 saturated heterocycles. The topological polar surface area (TPSA) is 90.5 Å². The van der Waals surface area contributed by atoms with Gasteiger partial charge < -0.3 is 10.6 Å². The number of para-hydroxylation sites is 1. The van der Waals surface area contributed by atoms with Crippen LogP contribution in [0.4, 0.5) is 10.5 Å². The maximum atomic E-state index is 12.0. The van der Waals surface area contributed by atoms with Gasteiger partial charge in [0, 0.05) is 7.05 Å². The van der Waals surface area contributed by atoms with Gasteiger partial charge >= 0.3 is 6.03 Å². The highest BCUT2D eigenvalue weighted by molar-refractivity contribution is 6.05. The van der Waals surface area contributed by atoms with Crippen molar-refractivity contribution in [2.75, 3.05) is 12.4 Å². The monoisotopic (exact) mass is 260 g/mol. The van der Waals surface area contributed by atoms with Gasteiger partial charge in [0.1, 0.15) is 0 Å². The molecule has 0 aliphatic carbocycles. The number of benzene rings is 1. The molecule has 98 valence electrons. The Morgan fingerprint density at radius 1 is 1.11 bits per heavy atom. The van der Waals surface area contributed by atoms with E-state index in [4.69, 9.17) is 0 Å². The zero-order valence-corrected chi connectivity index (χ0v) is 10.2. The highest BCUT2D eigenvalue weighted by Crippen LogP contribution is 2.27. The van der Waals surface area contributed by atoms with Crippen molar-refractivity contribution in [2.45, 2.75) is 12.2 Å². The highest BCUT2D eigenvalue weighted by atomic mass is 16.2. The van der Waals surface area contributed by atoms with Crippen LogP contribution in [0.2, 0.25) is 0 Å². The molecule has 0 bridgehead atoms. The predicted molar refractivity (Wildman–Crippen MR) is 66.2 cm³/mol. The molecule has 2 aliphatic heterocycles. The Morgan fingerprint density at radius 2 is 1.84 bits per heavy atom. The maximum absolute atomic E-state index is 12.0. The van der Waals surface area contributed by atoms with E-state index >= 15 is 0 Å². The quantitative estimate of drug-likeness (QED) is 0.615. The Balaban J connectivity index is 1.98. The fourth-order valence-corrected chi connectivity index (χ4v) is 2.23. The third-order valence-electron chi connectivity index (χ3n) is 3.26. The highest BCUT2D eigenvalue weighted by Gasteiger charge is 2.45. The van der Waals surface area contributed by atoms with Gasteiger partial charge in [-0.2, -0.15) is 0 Å². The Kier molecular flexibility index (Phi) is 2.25. The van der Waals surface area contributed by atoms with Gasteiger partial charge in [-0.05, 0) is 12.1 Å². The lowest BCUT2D eigenvalue weighted by molar-refractivity contribution is -0.130. The molecule has 1 atom stereocenters. The second-order valence-corrected chi connectivity index (χ2v) is 4.59. The van der Waals surface area contributed by atoms with E-state index in [0.717, 1.165) is 4.90 Å². The van der Waals surface area contributed by atoms with Crippen LogP contribution in [-0.4, -0.2) is 35.6 Å². The average molecular weight is 260 g/mol. The number of carbonyl (C=O) groups excluding carboxylic acids is 3. The summed E-state index contributed by atoms with van der Waals surface area (Å²) in [5.41, 5.74) is 1.07. The van der Waals surface area contributed by atoms with E-state index in [-0.39, 0.29) is 18.2 Å². The van der Waals surface area contributed by atoms with Crippen LogP contribution in [0.1, 0.15) is 16.8 Å². The van der Waals surface area contributed by atoms with Gasteiger partial charge in [0.2, 0.25) is 5.91 Å². The van der Waals surface area contributed by atoms with Crippen molar-refractivity contribution >= 4 is 23.5 Å². The molecule has 0 radical (unpaired) electrons. The molecule has 4 amide bonds. The molecule has 2 heterocycles. The first-order valence-electron chi connectivity index (χ1n) is 5.79. The Hall–Kier alpha value is -2.57. The van der Waals surface area contributed by atoms with Crippen molar-refractivity contribution in [3.8, 4) is 0 Å². The SMILES string of the molecule is CN1C(=O)CC2(NC(=O)c3ccccc3N2)NC1=O. The van der Waals surface area contributed by atoms with Crippen LogP contribution in [0.15, 0.2) is 24.3 Å². The molecule has 0 saturated carbocycles. The number of carbonyl (C=O) groups is 3. The van der Waals surface area contributed by atoms with E-state index in [1.165, 1.54) is 7.05 Å². The lowest BCUT2D eigenvalue weighted by atomic mass is 10.0. The first-order chi connectivity index (χ1) is 9.01. The summed E-state index contributed by atoms with van der Waals surface area (Å²) in [6.45, 7) is 0. The molecule has 1 spiro atoms. The number of nitrogens with one attached hydrogen (secondary N) is 3. The Morgan fingerprint density at radius 3 is 2.58 bits per heavy atom. The van der Waals surface area contributed by atoms with Gasteiger partial charge in [-0.15, -0.1) is 0 Å². The molecule has 1 unspecified atom stereocenters. The summed E-state index contributed by atoms with van der Waals surface area (Å²) in [7, 11) is 1.39. The van der Waals surface area contributed by atoms with Gasteiger partial charge in [0.05, 0.1) is 17.7 Å². The van der Waals surface area contributed by atoms with Gasteiger partial charge in [0.15, 0.2) is 5.79 Å². The molecule has 7 heteroatoms. The van der Waals surface area contributed by atoms with Gasteiger partial charge in [0.25, 0.3) is 5.91 Å². The summed E-state index contributed by atoms with van der Waals surface area (Å²) in [6, 6.07) is 6.37. The summed E-state index contributed by atoms with van der Waals surface area (Å²) in [6.07, 6.45) is -0.0463. The van der Waals surface area contributed by atoms with Crippen molar-refractivity contribution in [1.82, 2.24) is 15.5 Å². The van der Waals surface area contributed by atoms with Crippen molar-refractivity contribution in [2.24, 2.45) is 0 Å². The lowest BCUT2D eigenvalue weighted by Crippen LogP contribution is -2.73. The predicted octanol–water partition coefficient (Wildman–Crippen LogP) is 0.0674. The fourth-order valence-electron chi connectivity index (χ4n) is 2.23. The minimum Gasteiger partial charge on any atom is -0.345 e. The molecule has 0 aromatic heterocycles. The van der Waals surface area contributed by atoms with Crippen molar-refractivity contribution < 1.29 is 14.4 Å².